The number of benzene rings is 1. The van der Waals surface area contributed by atoms with Crippen LogP contribution in [0.3, 0.4) is 0 Å². The molecule has 0 aliphatic rings. The zero-order chi connectivity index (χ0) is 24.6. The molecule has 0 heterocycles. The van der Waals surface area contributed by atoms with Crippen molar-refractivity contribution < 1.29 is 15.0 Å². The second-order valence-electron chi connectivity index (χ2n) is 12.0. The van der Waals surface area contributed by atoms with E-state index in [0.29, 0.717) is 12.2 Å². The fourth-order valence-electron chi connectivity index (χ4n) is 4.44. The molecule has 1 atom stereocenters. The van der Waals surface area contributed by atoms with Crippen LogP contribution < -0.4 is 0 Å². The minimum Gasteiger partial charge on any atom is -0.507 e. The third-order valence-corrected chi connectivity index (χ3v) is 6.87. The summed E-state index contributed by atoms with van der Waals surface area (Å²) in [7, 11) is 0. The Labute approximate surface area is 198 Å². The van der Waals surface area contributed by atoms with Crippen LogP contribution in [0.2, 0.25) is 0 Å². The van der Waals surface area contributed by atoms with Crippen LogP contribution in [0, 0.1) is 0 Å². The van der Waals surface area contributed by atoms with Crippen LogP contribution in [0.15, 0.2) is 12.1 Å². The van der Waals surface area contributed by atoms with E-state index in [1.54, 1.807) is 0 Å². The van der Waals surface area contributed by atoms with Gasteiger partial charge in [0.2, 0.25) is 0 Å². The van der Waals surface area contributed by atoms with Gasteiger partial charge in [0, 0.05) is 0 Å². The van der Waals surface area contributed by atoms with E-state index >= 15 is 0 Å². The van der Waals surface area contributed by atoms with Crippen LogP contribution in [0.4, 0.5) is 0 Å². The molecule has 2 N–H and O–H groups in total. The lowest BCUT2D eigenvalue weighted by Crippen LogP contribution is -2.33. The Hall–Kier alpha value is -1.51. The first-order valence-corrected chi connectivity index (χ1v) is 12.9. The van der Waals surface area contributed by atoms with E-state index in [1.165, 1.54) is 51.4 Å². The molecule has 1 aromatic rings. The molecule has 1 aromatic carbocycles. The number of rotatable bonds is 13. The van der Waals surface area contributed by atoms with Gasteiger partial charge in [0.15, 0.2) is 0 Å². The molecule has 0 bridgehead atoms. The molecule has 0 aliphatic heterocycles. The predicted octanol–water partition coefficient (Wildman–Crippen LogP) is 8.64. The van der Waals surface area contributed by atoms with Gasteiger partial charge in [-0.25, -0.2) is 0 Å². The fourth-order valence-corrected chi connectivity index (χ4v) is 4.44. The van der Waals surface area contributed by atoms with Crippen molar-refractivity contribution in [1.29, 1.82) is 0 Å². The van der Waals surface area contributed by atoms with Gasteiger partial charge in [-0.1, -0.05) is 125 Å². The summed E-state index contributed by atoms with van der Waals surface area (Å²) in [5, 5.41) is 21.2. The van der Waals surface area contributed by atoms with Crippen molar-refractivity contribution in [3.05, 3.63) is 28.8 Å². The molecule has 3 nitrogen and oxygen atoms in total. The minimum absolute atomic E-state index is 0.267. The maximum atomic E-state index is 12.5. The molecule has 0 saturated heterocycles. The van der Waals surface area contributed by atoms with Crippen molar-refractivity contribution in [2.45, 2.75) is 142 Å². The molecule has 1 rings (SSSR count). The summed E-state index contributed by atoms with van der Waals surface area (Å²) in [5.41, 5.74) is 0.987. The largest absolute Gasteiger partial charge is 0.507 e. The van der Waals surface area contributed by atoms with E-state index in [0.717, 1.165) is 29.5 Å². The number of aliphatic carboxylic acids is 1. The molecule has 0 spiro atoms. The molecular weight excluding hydrogens is 396 g/mol. The summed E-state index contributed by atoms with van der Waals surface area (Å²) in [6.07, 6.45) is 13.0. The average Bonchev–Trinajstić information content (AvgIpc) is 2.67. The van der Waals surface area contributed by atoms with Crippen LogP contribution in [-0.4, -0.2) is 16.2 Å². The highest BCUT2D eigenvalue weighted by atomic mass is 16.4. The Morgan fingerprint density at radius 2 is 1.09 bits per heavy atom. The Balaban J connectivity index is 2.92. The topological polar surface area (TPSA) is 57.5 Å². The highest BCUT2D eigenvalue weighted by Crippen LogP contribution is 2.43. The van der Waals surface area contributed by atoms with Gasteiger partial charge < -0.3 is 10.2 Å². The maximum absolute atomic E-state index is 12.5. The number of unbranched alkanes of at least 4 members (excludes halogenated alkanes) is 9. The van der Waals surface area contributed by atoms with E-state index in [2.05, 4.69) is 48.5 Å². The van der Waals surface area contributed by atoms with E-state index in [-0.39, 0.29) is 10.8 Å². The van der Waals surface area contributed by atoms with Crippen LogP contribution in [0.1, 0.15) is 143 Å². The Bertz CT molecular complexity index is 686. The monoisotopic (exact) mass is 446 g/mol. The second-order valence-corrected chi connectivity index (χ2v) is 12.0. The molecule has 0 aliphatic carbocycles. The molecule has 0 fully saturated rings. The normalized spacial score (nSPS) is 14.4. The molecule has 0 saturated carbocycles. The van der Waals surface area contributed by atoms with Crippen molar-refractivity contribution in [2.24, 2.45) is 0 Å². The fraction of sp³-hybridized carbons (Fsp3) is 0.759. The zero-order valence-corrected chi connectivity index (χ0v) is 22.2. The summed E-state index contributed by atoms with van der Waals surface area (Å²) in [6, 6.07) is 3.88. The third-order valence-electron chi connectivity index (χ3n) is 6.87. The van der Waals surface area contributed by atoms with Crippen molar-refractivity contribution >= 4 is 5.97 Å². The molecule has 0 radical (unpaired) electrons. The van der Waals surface area contributed by atoms with E-state index in [1.807, 2.05) is 19.1 Å². The first kappa shape index (κ1) is 28.5. The van der Waals surface area contributed by atoms with Gasteiger partial charge >= 0.3 is 5.97 Å². The Kier molecular flexibility index (Phi) is 10.8. The first-order valence-electron chi connectivity index (χ1n) is 12.9. The van der Waals surface area contributed by atoms with E-state index < -0.39 is 11.4 Å². The van der Waals surface area contributed by atoms with Crippen molar-refractivity contribution in [1.82, 2.24) is 0 Å². The number of carboxylic acids is 1. The quantitative estimate of drug-likeness (QED) is 0.298. The summed E-state index contributed by atoms with van der Waals surface area (Å²) in [4.78, 5) is 12.5. The molecule has 3 heteroatoms. The number of phenolic OH excluding ortho intramolecular Hbond substituents is 1. The molecule has 1 unspecified atom stereocenters. The molecule has 184 valence electrons. The number of carboxylic acid groups (broad SMARTS) is 1. The van der Waals surface area contributed by atoms with Crippen molar-refractivity contribution in [3.8, 4) is 5.75 Å². The van der Waals surface area contributed by atoms with Gasteiger partial charge in [0.05, 0.1) is 5.41 Å². The van der Waals surface area contributed by atoms with Crippen molar-refractivity contribution in [3.63, 3.8) is 0 Å². The highest BCUT2D eigenvalue weighted by Gasteiger charge is 2.37. The zero-order valence-electron chi connectivity index (χ0n) is 22.2. The lowest BCUT2D eigenvalue weighted by molar-refractivity contribution is -0.143. The highest BCUT2D eigenvalue weighted by molar-refractivity contribution is 5.81. The summed E-state index contributed by atoms with van der Waals surface area (Å²) in [6.45, 7) is 16.5. The number of aromatic hydroxyl groups is 1. The maximum Gasteiger partial charge on any atom is 0.313 e. The van der Waals surface area contributed by atoms with Gasteiger partial charge in [0.1, 0.15) is 5.75 Å². The third kappa shape index (κ3) is 8.12. The summed E-state index contributed by atoms with van der Waals surface area (Å²) >= 11 is 0. The number of carbonyl (C=O) groups is 1. The Morgan fingerprint density at radius 1 is 0.719 bits per heavy atom. The Morgan fingerprint density at radius 3 is 1.44 bits per heavy atom. The van der Waals surface area contributed by atoms with Gasteiger partial charge in [-0.15, -0.1) is 0 Å². The average molecular weight is 447 g/mol. The second kappa shape index (κ2) is 12.1. The standard InChI is InChI=1S/C29H50O3/c1-9-10-11-12-13-14-15-16-17-18-19-29(8,26(31)32)22-20-23(27(2,3)4)25(30)24(21-22)28(5,6)7/h20-21,30H,9-19H2,1-8H3,(H,31,32). The molecule has 32 heavy (non-hydrogen) atoms. The van der Waals surface area contributed by atoms with E-state index in [4.69, 9.17) is 0 Å². The number of phenols is 1. The van der Waals surface area contributed by atoms with Crippen LogP contribution in [0.25, 0.3) is 0 Å². The lowest BCUT2D eigenvalue weighted by atomic mass is 9.72. The van der Waals surface area contributed by atoms with Gasteiger partial charge in [-0.3, -0.25) is 4.79 Å². The van der Waals surface area contributed by atoms with Crippen LogP contribution in [0.5, 0.6) is 5.75 Å². The van der Waals surface area contributed by atoms with Gasteiger partial charge in [0.25, 0.3) is 0 Å². The van der Waals surface area contributed by atoms with Crippen LogP contribution in [-0.2, 0) is 21.0 Å². The van der Waals surface area contributed by atoms with Gasteiger partial charge in [-0.05, 0) is 40.9 Å². The number of hydrogen-bond donors (Lipinski definition) is 2. The predicted molar refractivity (Wildman–Crippen MR) is 137 cm³/mol. The number of hydrogen-bond acceptors (Lipinski definition) is 2. The first-order chi connectivity index (χ1) is 14.7. The van der Waals surface area contributed by atoms with E-state index in [9.17, 15) is 15.0 Å². The minimum atomic E-state index is -0.951. The smallest absolute Gasteiger partial charge is 0.313 e. The molecule has 0 aromatic heterocycles. The molecule has 0 amide bonds. The molecular formula is C29H50O3. The summed E-state index contributed by atoms with van der Waals surface area (Å²) < 4.78 is 0. The summed E-state index contributed by atoms with van der Waals surface area (Å²) in [5.74, 6) is -0.473. The SMILES string of the molecule is CCCCCCCCCCCCC(C)(C(=O)O)c1cc(C(C)(C)C)c(O)c(C(C)(C)C)c1. The van der Waals surface area contributed by atoms with Gasteiger partial charge in [-0.2, -0.15) is 0 Å². The van der Waals surface area contributed by atoms with Crippen LogP contribution >= 0.6 is 0 Å². The van der Waals surface area contributed by atoms with Crippen molar-refractivity contribution in [2.75, 3.05) is 0 Å². The lowest BCUT2D eigenvalue weighted by Gasteiger charge is -2.32.